The fourth-order valence-corrected chi connectivity index (χ4v) is 3.56. The summed E-state index contributed by atoms with van der Waals surface area (Å²) in [7, 11) is 1.54. The lowest BCUT2D eigenvalue weighted by molar-refractivity contribution is -0.384. The molecule has 3 aromatic rings. The number of hydrogen-bond donors (Lipinski definition) is 0. The van der Waals surface area contributed by atoms with Gasteiger partial charge in [-0.05, 0) is 19.1 Å². The molecule has 0 aliphatic rings. The quantitative estimate of drug-likeness (QED) is 0.247. The first-order valence-electron chi connectivity index (χ1n) is 8.07. The molecule has 0 bridgehead atoms. The van der Waals surface area contributed by atoms with Gasteiger partial charge in [0.25, 0.3) is 5.69 Å². The van der Waals surface area contributed by atoms with Gasteiger partial charge in [0.15, 0.2) is 11.0 Å². The van der Waals surface area contributed by atoms with Crippen molar-refractivity contribution in [3.63, 3.8) is 0 Å². The average molecular weight is 386 g/mol. The van der Waals surface area contributed by atoms with Crippen LogP contribution < -0.4 is 4.74 Å². The van der Waals surface area contributed by atoms with E-state index in [-0.39, 0.29) is 5.69 Å². The van der Waals surface area contributed by atoms with Crippen molar-refractivity contribution in [2.24, 2.45) is 0 Å². The van der Waals surface area contributed by atoms with Gasteiger partial charge in [-0.25, -0.2) is 0 Å². The molecule has 9 heteroatoms. The first kappa shape index (κ1) is 18.7. The summed E-state index contributed by atoms with van der Waals surface area (Å²) in [5, 5.41) is 20.3. The molecule has 140 valence electrons. The highest BCUT2D eigenvalue weighted by molar-refractivity contribution is 7.98. The van der Waals surface area contributed by atoms with E-state index in [1.54, 1.807) is 18.4 Å². The van der Waals surface area contributed by atoms with Crippen LogP contribution in [0.15, 0.2) is 52.8 Å². The van der Waals surface area contributed by atoms with Crippen molar-refractivity contribution in [1.82, 2.24) is 14.8 Å². The number of furan rings is 1. The zero-order chi connectivity index (χ0) is 19.4. The van der Waals surface area contributed by atoms with Crippen LogP contribution in [0.25, 0.3) is 11.4 Å². The number of non-ortho nitro benzene ring substituents is 1. The van der Waals surface area contributed by atoms with E-state index in [9.17, 15) is 10.1 Å². The highest BCUT2D eigenvalue weighted by Gasteiger charge is 2.18. The second kappa shape index (κ2) is 8.09. The summed E-state index contributed by atoms with van der Waals surface area (Å²) in [5.41, 5.74) is 1.60. The van der Waals surface area contributed by atoms with Gasteiger partial charge >= 0.3 is 0 Å². The van der Waals surface area contributed by atoms with Gasteiger partial charge in [0.05, 0.1) is 23.9 Å². The van der Waals surface area contributed by atoms with Gasteiger partial charge in [0.1, 0.15) is 11.5 Å². The van der Waals surface area contributed by atoms with Gasteiger partial charge in [0.2, 0.25) is 0 Å². The van der Waals surface area contributed by atoms with E-state index in [1.165, 1.54) is 31.0 Å². The van der Waals surface area contributed by atoms with E-state index in [0.717, 1.165) is 11.3 Å². The van der Waals surface area contributed by atoms with E-state index in [0.29, 0.717) is 34.6 Å². The first-order chi connectivity index (χ1) is 13.0. The molecule has 0 radical (unpaired) electrons. The van der Waals surface area contributed by atoms with Crippen LogP contribution in [0.2, 0.25) is 0 Å². The third-order valence-electron chi connectivity index (χ3n) is 3.96. The number of methoxy groups -OCH3 is 1. The number of aryl methyl sites for hydroxylation is 1. The van der Waals surface area contributed by atoms with Crippen molar-refractivity contribution in [1.29, 1.82) is 0 Å². The monoisotopic (exact) mass is 386 g/mol. The number of nitrogens with zero attached hydrogens (tertiary/aromatic N) is 4. The summed E-state index contributed by atoms with van der Waals surface area (Å²) < 4.78 is 12.6. The predicted octanol–water partition coefficient (Wildman–Crippen LogP) is 4.24. The minimum Gasteiger partial charge on any atom is -0.496 e. The SMILES string of the molecule is C=CCn1c(SCc2cc([N+](=O)[O-])ccc2OC)nnc1-c1ccoc1C. The maximum Gasteiger partial charge on any atom is 0.270 e. The number of nitro benzene ring substituents is 1. The highest BCUT2D eigenvalue weighted by Crippen LogP contribution is 2.32. The summed E-state index contributed by atoms with van der Waals surface area (Å²) in [4.78, 5) is 10.6. The fraction of sp³-hybridized carbons (Fsp3) is 0.222. The smallest absolute Gasteiger partial charge is 0.270 e. The Hall–Kier alpha value is -3.07. The number of benzene rings is 1. The minimum atomic E-state index is -0.423. The van der Waals surface area contributed by atoms with E-state index < -0.39 is 4.92 Å². The standard InChI is InChI=1S/C18H18N4O4S/c1-4-8-21-17(15-7-9-26-12(15)2)19-20-18(21)27-11-13-10-14(22(23)24)5-6-16(13)25-3/h4-7,9-10H,1,8,11H2,2-3H3. The topological polar surface area (TPSA) is 96.2 Å². The Balaban J connectivity index is 1.90. The Morgan fingerprint density at radius 1 is 1.41 bits per heavy atom. The van der Waals surface area contributed by atoms with Crippen molar-refractivity contribution < 1.29 is 14.1 Å². The summed E-state index contributed by atoms with van der Waals surface area (Å²) >= 11 is 1.42. The van der Waals surface area contributed by atoms with E-state index in [4.69, 9.17) is 9.15 Å². The molecule has 0 unspecified atom stereocenters. The number of allylic oxidation sites excluding steroid dienone is 1. The normalized spacial score (nSPS) is 10.7. The molecule has 1 aromatic carbocycles. The largest absolute Gasteiger partial charge is 0.496 e. The van der Waals surface area contributed by atoms with Gasteiger partial charge in [-0.2, -0.15) is 0 Å². The molecule has 3 rings (SSSR count). The second-order valence-electron chi connectivity index (χ2n) is 5.64. The Bertz CT molecular complexity index is 980. The molecule has 27 heavy (non-hydrogen) atoms. The molecular weight excluding hydrogens is 368 g/mol. The van der Waals surface area contributed by atoms with Crippen molar-refractivity contribution in [2.75, 3.05) is 7.11 Å². The zero-order valence-corrected chi connectivity index (χ0v) is 15.7. The molecular formula is C18H18N4O4S. The van der Waals surface area contributed by atoms with Crippen LogP contribution >= 0.6 is 11.8 Å². The molecule has 0 saturated carbocycles. The average Bonchev–Trinajstić information content (AvgIpc) is 3.25. The van der Waals surface area contributed by atoms with Crippen LogP contribution in [-0.2, 0) is 12.3 Å². The summed E-state index contributed by atoms with van der Waals surface area (Å²) in [6, 6.07) is 6.38. The maximum absolute atomic E-state index is 11.0. The highest BCUT2D eigenvalue weighted by atomic mass is 32.2. The van der Waals surface area contributed by atoms with Gasteiger partial charge in [-0.1, -0.05) is 17.8 Å². The third kappa shape index (κ3) is 3.87. The van der Waals surface area contributed by atoms with Gasteiger partial charge in [0, 0.05) is 30.0 Å². The number of hydrogen-bond acceptors (Lipinski definition) is 7. The molecule has 0 aliphatic carbocycles. The van der Waals surface area contributed by atoms with Crippen molar-refractivity contribution in [3.8, 4) is 17.1 Å². The Labute approximate surface area is 160 Å². The number of thioether (sulfide) groups is 1. The van der Waals surface area contributed by atoms with E-state index in [2.05, 4.69) is 16.8 Å². The zero-order valence-electron chi connectivity index (χ0n) is 14.9. The van der Waals surface area contributed by atoms with Crippen molar-refractivity contribution in [2.45, 2.75) is 24.4 Å². The minimum absolute atomic E-state index is 0.0219. The first-order valence-corrected chi connectivity index (χ1v) is 9.06. The molecule has 8 nitrogen and oxygen atoms in total. The second-order valence-corrected chi connectivity index (χ2v) is 6.58. The van der Waals surface area contributed by atoms with Crippen molar-refractivity contribution >= 4 is 17.4 Å². The van der Waals surface area contributed by atoms with Gasteiger partial charge in [-0.3, -0.25) is 14.7 Å². The number of aromatic nitrogens is 3. The van der Waals surface area contributed by atoms with E-state index in [1.807, 2.05) is 17.6 Å². The van der Waals surface area contributed by atoms with Gasteiger partial charge in [-0.15, -0.1) is 16.8 Å². The Kier molecular flexibility index (Phi) is 5.60. The molecule has 0 atom stereocenters. The Morgan fingerprint density at radius 3 is 2.85 bits per heavy atom. The Morgan fingerprint density at radius 2 is 2.22 bits per heavy atom. The van der Waals surface area contributed by atoms with Crippen LogP contribution in [0.4, 0.5) is 5.69 Å². The summed E-state index contributed by atoms with van der Waals surface area (Å²) in [6.45, 7) is 6.19. The summed E-state index contributed by atoms with van der Waals surface area (Å²) in [6.07, 6.45) is 3.37. The fourth-order valence-electron chi connectivity index (χ4n) is 2.64. The van der Waals surface area contributed by atoms with E-state index >= 15 is 0 Å². The molecule has 0 N–H and O–H groups in total. The lowest BCUT2D eigenvalue weighted by atomic mass is 10.2. The van der Waals surface area contributed by atoms with Crippen LogP contribution in [0.5, 0.6) is 5.75 Å². The van der Waals surface area contributed by atoms with Gasteiger partial charge < -0.3 is 9.15 Å². The molecule has 0 amide bonds. The molecule has 2 heterocycles. The predicted molar refractivity (Wildman–Crippen MR) is 102 cm³/mol. The van der Waals surface area contributed by atoms with Crippen LogP contribution in [-0.4, -0.2) is 26.8 Å². The number of rotatable bonds is 8. The number of nitro groups is 1. The summed E-state index contributed by atoms with van der Waals surface area (Å²) in [5.74, 6) is 2.48. The molecule has 2 aromatic heterocycles. The van der Waals surface area contributed by atoms with Crippen LogP contribution in [0, 0.1) is 17.0 Å². The molecule has 0 saturated heterocycles. The molecule has 0 fully saturated rings. The molecule has 0 aliphatic heterocycles. The van der Waals surface area contributed by atoms with Crippen molar-refractivity contribution in [3.05, 3.63) is 64.6 Å². The molecule has 0 spiro atoms. The van der Waals surface area contributed by atoms with Crippen LogP contribution in [0.1, 0.15) is 11.3 Å². The third-order valence-corrected chi connectivity index (χ3v) is 4.98. The lowest BCUT2D eigenvalue weighted by Crippen LogP contribution is -2.01. The lowest BCUT2D eigenvalue weighted by Gasteiger charge is -2.09. The van der Waals surface area contributed by atoms with Crippen LogP contribution in [0.3, 0.4) is 0 Å². The number of ether oxygens (including phenoxy) is 1. The maximum atomic E-state index is 11.0.